The van der Waals surface area contributed by atoms with Gasteiger partial charge in [0.1, 0.15) is 0 Å². The fourth-order valence-corrected chi connectivity index (χ4v) is 4.72. The maximum atomic E-state index is 13.1. The molecule has 2 heterocycles. The number of anilines is 1. The van der Waals surface area contributed by atoms with E-state index in [1.54, 1.807) is 34.9 Å². The summed E-state index contributed by atoms with van der Waals surface area (Å²) < 4.78 is 1.66. The Morgan fingerprint density at radius 2 is 2.00 bits per heavy atom. The number of amides is 1. The molecule has 8 heteroatoms. The van der Waals surface area contributed by atoms with E-state index in [0.717, 1.165) is 17.7 Å². The van der Waals surface area contributed by atoms with Gasteiger partial charge in [0.25, 0.3) is 5.56 Å². The first-order valence-corrected chi connectivity index (χ1v) is 12.0. The van der Waals surface area contributed by atoms with E-state index >= 15 is 0 Å². The monoisotopic (exact) mass is 469 g/mol. The van der Waals surface area contributed by atoms with E-state index in [2.05, 4.69) is 24.1 Å². The molecule has 166 valence electrons. The zero-order chi connectivity index (χ0) is 22.8. The molecule has 32 heavy (non-hydrogen) atoms. The van der Waals surface area contributed by atoms with Crippen molar-refractivity contribution in [2.75, 3.05) is 11.1 Å². The molecule has 0 saturated carbocycles. The maximum absolute atomic E-state index is 13.1. The summed E-state index contributed by atoms with van der Waals surface area (Å²) in [5.74, 6) is 0.531. The largest absolute Gasteiger partial charge is 0.326 e. The lowest BCUT2D eigenvalue weighted by Gasteiger charge is -2.17. The van der Waals surface area contributed by atoms with Gasteiger partial charge in [-0.2, -0.15) is 0 Å². The fraction of sp³-hybridized carbons (Fsp3) is 0.333. The molecule has 0 saturated heterocycles. The van der Waals surface area contributed by atoms with Crippen LogP contribution in [0.5, 0.6) is 0 Å². The number of hydrogen-bond acceptors (Lipinski definition) is 5. The molecule has 1 amide bonds. The Hall–Kier alpha value is -2.64. The lowest BCUT2D eigenvalue weighted by atomic mass is 9.99. The van der Waals surface area contributed by atoms with Gasteiger partial charge in [0.05, 0.1) is 16.7 Å². The number of ketones is 1. The molecule has 0 unspecified atom stereocenters. The van der Waals surface area contributed by atoms with Crippen LogP contribution in [0.4, 0.5) is 5.69 Å². The van der Waals surface area contributed by atoms with E-state index in [1.807, 2.05) is 6.07 Å². The van der Waals surface area contributed by atoms with Gasteiger partial charge in [-0.15, -0.1) is 0 Å². The molecule has 1 aliphatic heterocycles. The normalized spacial score (nSPS) is 13.3. The molecule has 0 atom stereocenters. The maximum Gasteiger partial charge on any atom is 0.262 e. The van der Waals surface area contributed by atoms with Crippen LogP contribution in [-0.4, -0.2) is 27.0 Å². The van der Waals surface area contributed by atoms with Crippen LogP contribution in [0, 0.1) is 5.92 Å². The average Bonchev–Trinajstić information content (AvgIpc) is 2.76. The topological polar surface area (TPSA) is 81.1 Å². The van der Waals surface area contributed by atoms with Gasteiger partial charge < -0.3 is 5.32 Å². The minimum absolute atomic E-state index is 0.00557. The number of carbonyl (C=O) groups excluding carboxylic acids is 2. The molecular formula is C24H24ClN3O3S. The Kier molecular flexibility index (Phi) is 6.67. The summed E-state index contributed by atoms with van der Waals surface area (Å²) in [5, 5.41) is 4.38. The standard InChI is InChI=1S/C24H24ClN3O3S/c1-14(2)9-10-28-23(31)18-6-5-17(25)12-20(18)27-24(28)32-13-21(29)16-3-7-19-15(11-16)4-8-22(30)26-19/h3,5-7,11-12,14H,4,8-10,13H2,1-2H3,(H,26,30). The van der Waals surface area contributed by atoms with E-state index in [0.29, 0.717) is 51.9 Å². The Morgan fingerprint density at radius 1 is 1.19 bits per heavy atom. The van der Waals surface area contributed by atoms with Gasteiger partial charge in [-0.25, -0.2) is 4.98 Å². The lowest BCUT2D eigenvalue weighted by Crippen LogP contribution is -2.24. The summed E-state index contributed by atoms with van der Waals surface area (Å²) in [5.41, 5.74) is 2.73. The first-order valence-electron chi connectivity index (χ1n) is 10.6. The predicted octanol–water partition coefficient (Wildman–Crippen LogP) is 4.96. The van der Waals surface area contributed by atoms with E-state index in [4.69, 9.17) is 11.6 Å². The number of benzene rings is 2. The van der Waals surface area contributed by atoms with Crippen molar-refractivity contribution >= 4 is 51.6 Å². The third-order valence-corrected chi connectivity index (χ3v) is 6.68. The highest BCUT2D eigenvalue weighted by Crippen LogP contribution is 2.26. The minimum Gasteiger partial charge on any atom is -0.326 e. The van der Waals surface area contributed by atoms with Crippen molar-refractivity contribution in [2.24, 2.45) is 5.92 Å². The Bertz CT molecular complexity index is 1270. The Balaban J connectivity index is 1.60. The highest BCUT2D eigenvalue weighted by Gasteiger charge is 2.18. The molecule has 1 aliphatic rings. The molecule has 0 radical (unpaired) electrons. The quantitative estimate of drug-likeness (QED) is 0.300. The van der Waals surface area contributed by atoms with Crippen molar-refractivity contribution in [2.45, 2.75) is 44.8 Å². The van der Waals surface area contributed by atoms with E-state index < -0.39 is 0 Å². The molecule has 1 N–H and O–H groups in total. The molecule has 0 bridgehead atoms. The van der Waals surface area contributed by atoms with Crippen LogP contribution in [0.2, 0.25) is 5.02 Å². The summed E-state index contributed by atoms with van der Waals surface area (Å²) in [4.78, 5) is 42.2. The average molecular weight is 470 g/mol. The zero-order valence-corrected chi connectivity index (χ0v) is 19.6. The van der Waals surface area contributed by atoms with Crippen molar-refractivity contribution in [1.29, 1.82) is 0 Å². The number of Topliss-reactive ketones (excluding diaryl/α,β-unsaturated/α-hetero) is 1. The minimum atomic E-state index is -0.119. The Labute approximate surface area is 195 Å². The van der Waals surface area contributed by atoms with Crippen LogP contribution in [-0.2, 0) is 17.8 Å². The van der Waals surface area contributed by atoms with E-state index in [1.165, 1.54) is 11.8 Å². The third-order valence-electron chi connectivity index (χ3n) is 5.47. The van der Waals surface area contributed by atoms with Crippen molar-refractivity contribution in [1.82, 2.24) is 9.55 Å². The number of halogens is 1. The molecule has 2 aromatic carbocycles. The number of hydrogen-bond donors (Lipinski definition) is 1. The molecule has 6 nitrogen and oxygen atoms in total. The number of thioether (sulfide) groups is 1. The van der Waals surface area contributed by atoms with Crippen LogP contribution in [0.25, 0.3) is 10.9 Å². The number of aromatic nitrogens is 2. The summed E-state index contributed by atoms with van der Waals surface area (Å²) in [6.45, 7) is 4.75. The van der Waals surface area contributed by atoms with Crippen LogP contribution >= 0.6 is 23.4 Å². The number of fused-ring (bicyclic) bond motifs is 2. The van der Waals surface area contributed by atoms with Gasteiger partial charge in [-0.1, -0.05) is 37.2 Å². The van der Waals surface area contributed by atoms with Gasteiger partial charge in [0.15, 0.2) is 10.9 Å². The van der Waals surface area contributed by atoms with Gasteiger partial charge in [0.2, 0.25) is 5.91 Å². The molecule has 0 fully saturated rings. The summed E-state index contributed by atoms with van der Waals surface area (Å²) in [6.07, 6.45) is 1.88. The second-order valence-corrected chi connectivity index (χ2v) is 9.71. The van der Waals surface area contributed by atoms with Gasteiger partial charge in [-0.05, 0) is 60.7 Å². The predicted molar refractivity (Wildman–Crippen MR) is 129 cm³/mol. The van der Waals surface area contributed by atoms with Crippen LogP contribution in [0.3, 0.4) is 0 Å². The van der Waals surface area contributed by atoms with Gasteiger partial charge in [0, 0.05) is 29.2 Å². The lowest BCUT2D eigenvalue weighted by molar-refractivity contribution is -0.116. The summed E-state index contributed by atoms with van der Waals surface area (Å²) in [7, 11) is 0. The number of nitrogens with zero attached hydrogens (tertiary/aromatic N) is 2. The first kappa shape index (κ1) is 22.6. The second-order valence-electron chi connectivity index (χ2n) is 8.33. The van der Waals surface area contributed by atoms with Crippen LogP contribution in [0.15, 0.2) is 46.3 Å². The van der Waals surface area contributed by atoms with Crippen molar-refractivity contribution in [3.63, 3.8) is 0 Å². The van der Waals surface area contributed by atoms with E-state index in [-0.39, 0.29) is 23.0 Å². The number of nitrogens with one attached hydrogen (secondary N) is 1. The van der Waals surface area contributed by atoms with Gasteiger partial charge in [-0.3, -0.25) is 19.0 Å². The molecule has 1 aromatic heterocycles. The van der Waals surface area contributed by atoms with Crippen molar-refractivity contribution in [3.05, 3.63) is 62.9 Å². The SMILES string of the molecule is CC(C)CCn1c(SCC(=O)c2ccc3c(c2)CCC(=O)N3)nc2cc(Cl)ccc2c1=O. The Morgan fingerprint density at radius 3 is 2.78 bits per heavy atom. The van der Waals surface area contributed by atoms with Crippen molar-refractivity contribution in [3.8, 4) is 0 Å². The molecule has 4 rings (SSSR count). The highest BCUT2D eigenvalue weighted by molar-refractivity contribution is 7.99. The molecule has 0 spiro atoms. The molecule has 0 aliphatic carbocycles. The van der Waals surface area contributed by atoms with Crippen LogP contribution in [0.1, 0.15) is 42.6 Å². The summed E-state index contributed by atoms with van der Waals surface area (Å²) >= 11 is 7.37. The number of rotatable bonds is 7. The van der Waals surface area contributed by atoms with Crippen LogP contribution < -0.4 is 10.9 Å². The second kappa shape index (κ2) is 9.46. The first-order chi connectivity index (χ1) is 15.3. The zero-order valence-electron chi connectivity index (χ0n) is 18.0. The van der Waals surface area contributed by atoms with E-state index in [9.17, 15) is 14.4 Å². The molecular weight excluding hydrogens is 446 g/mol. The smallest absolute Gasteiger partial charge is 0.262 e. The number of carbonyl (C=O) groups is 2. The number of aryl methyl sites for hydroxylation is 1. The fourth-order valence-electron chi connectivity index (χ4n) is 3.64. The van der Waals surface area contributed by atoms with Crippen molar-refractivity contribution < 1.29 is 9.59 Å². The molecule has 3 aromatic rings. The third kappa shape index (κ3) is 4.89. The summed E-state index contributed by atoms with van der Waals surface area (Å²) in [6, 6.07) is 10.4. The van der Waals surface area contributed by atoms with Gasteiger partial charge >= 0.3 is 0 Å². The highest BCUT2D eigenvalue weighted by atomic mass is 35.5.